The minimum Gasteiger partial charge on any atom is -0.493 e. The van der Waals surface area contributed by atoms with Crippen LogP contribution in [0, 0.1) is 3.57 Å². The molecule has 0 aliphatic heterocycles. The molecule has 0 spiro atoms. The van der Waals surface area contributed by atoms with Gasteiger partial charge in [0.25, 0.3) is 0 Å². The van der Waals surface area contributed by atoms with Crippen molar-refractivity contribution in [1.29, 1.82) is 0 Å². The molecule has 0 saturated heterocycles. The third-order valence-electron chi connectivity index (χ3n) is 3.58. The second-order valence-electron chi connectivity index (χ2n) is 5.06. The van der Waals surface area contributed by atoms with Gasteiger partial charge in [0.15, 0.2) is 5.69 Å². The highest BCUT2D eigenvalue weighted by Crippen LogP contribution is 2.37. The van der Waals surface area contributed by atoms with Crippen molar-refractivity contribution in [3.8, 4) is 5.88 Å². The van der Waals surface area contributed by atoms with Crippen molar-refractivity contribution >= 4 is 55.8 Å². The lowest BCUT2D eigenvalue weighted by atomic mass is 10.2. The molecular formula is C17H11IN4O. The monoisotopic (exact) mass is 414 g/mol. The first-order valence-electron chi connectivity index (χ1n) is 6.98. The van der Waals surface area contributed by atoms with Crippen LogP contribution in [-0.4, -0.2) is 15.1 Å². The molecule has 0 radical (unpaired) electrons. The molecule has 0 bridgehead atoms. The number of pyridine rings is 1. The zero-order valence-corrected chi connectivity index (χ0v) is 14.0. The van der Waals surface area contributed by atoms with Crippen LogP contribution in [0.5, 0.6) is 5.88 Å². The number of benzene rings is 2. The normalized spacial score (nSPS) is 11.7. The summed E-state index contributed by atoms with van der Waals surface area (Å²) in [6.45, 7) is 0. The Morgan fingerprint density at radius 1 is 1.04 bits per heavy atom. The van der Waals surface area contributed by atoms with Crippen LogP contribution < -0.4 is 0 Å². The number of azo groups is 1. The maximum Gasteiger partial charge on any atom is 0.218 e. The predicted octanol–water partition coefficient (Wildman–Crippen LogP) is 5.44. The van der Waals surface area contributed by atoms with Crippen LogP contribution in [0.2, 0.25) is 0 Å². The summed E-state index contributed by atoms with van der Waals surface area (Å²) in [4.78, 5) is 7.27. The largest absolute Gasteiger partial charge is 0.493 e. The number of fused-ring (bicyclic) bond motifs is 2. The van der Waals surface area contributed by atoms with E-state index in [-0.39, 0.29) is 5.88 Å². The van der Waals surface area contributed by atoms with Gasteiger partial charge in [-0.1, -0.05) is 18.2 Å². The van der Waals surface area contributed by atoms with Gasteiger partial charge in [-0.05, 0) is 52.9 Å². The zero-order valence-electron chi connectivity index (χ0n) is 11.9. The maximum atomic E-state index is 10.1. The van der Waals surface area contributed by atoms with E-state index >= 15 is 0 Å². The average Bonchev–Trinajstić information content (AvgIpc) is 2.87. The van der Waals surface area contributed by atoms with Crippen LogP contribution in [0.25, 0.3) is 21.8 Å². The molecule has 2 aromatic heterocycles. The summed E-state index contributed by atoms with van der Waals surface area (Å²) in [5.74, 6) is 0.0129. The molecule has 5 nitrogen and oxygen atoms in total. The predicted molar refractivity (Wildman–Crippen MR) is 98.6 cm³/mol. The van der Waals surface area contributed by atoms with Crippen LogP contribution in [0.4, 0.5) is 11.4 Å². The number of para-hydroxylation sites is 1. The number of aromatic hydroxyl groups is 1. The van der Waals surface area contributed by atoms with Crippen molar-refractivity contribution in [3.63, 3.8) is 0 Å². The van der Waals surface area contributed by atoms with Gasteiger partial charge in [0.1, 0.15) is 5.69 Å². The highest BCUT2D eigenvalue weighted by Gasteiger charge is 2.11. The number of aromatic nitrogens is 2. The fraction of sp³-hybridized carbons (Fsp3) is 0. The van der Waals surface area contributed by atoms with Crippen LogP contribution in [0.3, 0.4) is 0 Å². The quantitative estimate of drug-likeness (QED) is 0.339. The summed E-state index contributed by atoms with van der Waals surface area (Å²) in [5, 5.41) is 20.5. The number of hydrogen-bond acceptors (Lipinski definition) is 4. The van der Waals surface area contributed by atoms with Gasteiger partial charge < -0.3 is 10.1 Å². The molecule has 0 fully saturated rings. The summed E-state index contributed by atoms with van der Waals surface area (Å²) in [7, 11) is 0. The van der Waals surface area contributed by atoms with Crippen LogP contribution in [0.1, 0.15) is 0 Å². The van der Waals surface area contributed by atoms with Crippen molar-refractivity contribution in [3.05, 3.63) is 58.3 Å². The summed E-state index contributed by atoms with van der Waals surface area (Å²) in [6.07, 6.45) is 1.73. The minimum absolute atomic E-state index is 0.0129. The molecule has 4 rings (SSSR count). The molecule has 4 aromatic rings. The number of aromatic amines is 1. The molecule has 0 atom stereocenters. The van der Waals surface area contributed by atoms with E-state index < -0.39 is 0 Å². The molecule has 112 valence electrons. The third-order valence-corrected chi connectivity index (χ3v) is 4.25. The van der Waals surface area contributed by atoms with E-state index in [2.05, 4.69) is 42.8 Å². The SMILES string of the molecule is Oc1[nH]c2ccc(I)cc2c1N=Nc1cccc2cccnc12. The van der Waals surface area contributed by atoms with Gasteiger partial charge in [-0.25, -0.2) is 0 Å². The van der Waals surface area contributed by atoms with E-state index in [1.807, 2.05) is 48.5 Å². The molecule has 2 aromatic carbocycles. The van der Waals surface area contributed by atoms with Gasteiger partial charge in [-0.3, -0.25) is 4.98 Å². The molecule has 0 aliphatic carbocycles. The first-order chi connectivity index (χ1) is 11.2. The maximum absolute atomic E-state index is 10.1. The molecule has 6 heteroatoms. The highest BCUT2D eigenvalue weighted by atomic mass is 127. The molecule has 23 heavy (non-hydrogen) atoms. The van der Waals surface area contributed by atoms with Crippen molar-refractivity contribution in [2.75, 3.05) is 0 Å². The molecular weight excluding hydrogens is 403 g/mol. The van der Waals surface area contributed by atoms with Crippen LogP contribution >= 0.6 is 22.6 Å². The summed E-state index contributed by atoms with van der Waals surface area (Å²) >= 11 is 2.23. The van der Waals surface area contributed by atoms with E-state index in [0.29, 0.717) is 11.4 Å². The van der Waals surface area contributed by atoms with E-state index in [0.717, 1.165) is 25.4 Å². The smallest absolute Gasteiger partial charge is 0.218 e. The van der Waals surface area contributed by atoms with Crippen LogP contribution in [0.15, 0.2) is 65.0 Å². The first kappa shape index (κ1) is 14.1. The Hall–Kier alpha value is -2.48. The minimum atomic E-state index is 0.0129. The Kier molecular flexibility index (Phi) is 3.45. The molecule has 0 saturated carbocycles. The topological polar surface area (TPSA) is 73.6 Å². The first-order valence-corrected chi connectivity index (χ1v) is 8.06. The number of nitrogens with zero attached hydrogens (tertiary/aromatic N) is 3. The van der Waals surface area contributed by atoms with Gasteiger partial charge in [0, 0.05) is 20.5 Å². The second kappa shape index (κ2) is 5.62. The summed E-state index contributed by atoms with van der Waals surface area (Å²) in [6, 6.07) is 15.5. The fourth-order valence-corrected chi connectivity index (χ4v) is 3.00. The molecule has 2 heterocycles. The van der Waals surface area contributed by atoms with Gasteiger partial charge in [-0.15, -0.1) is 10.2 Å². The Labute approximate surface area is 145 Å². The van der Waals surface area contributed by atoms with E-state index in [9.17, 15) is 5.11 Å². The Morgan fingerprint density at radius 2 is 1.91 bits per heavy atom. The third kappa shape index (κ3) is 2.55. The molecule has 2 N–H and O–H groups in total. The standard InChI is InChI=1S/C17H11IN4O/c18-11-6-7-13-12(9-11)16(17(23)20-13)22-21-14-5-1-3-10-4-2-8-19-15(10)14/h1-9,20,23H. The van der Waals surface area contributed by atoms with E-state index in [1.54, 1.807) is 6.20 Å². The lowest BCUT2D eigenvalue weighted by Gasteiger charge is -1.99. The number of rotatable bonds is 2. The number of H-pyrrole nitrogens is 1. The number of hydrogen-bond donors (Lipinski definition) is 2. The Morgan fingerprint density at radius 3 is 2.83 bits per heavy atom. The van der Waals surface area contributed by atoms with Gasteiger partial charge in [0.2, 0.25) is 5.88 Å². The number of nitrogens with one attached hydrogen (secondary N) is 1. The molecule has 0 amide bonds. The lowest BCUT2D eigenvalue weighted by Crippen LogP contribution is -1.77. The summed E-state index contributed by atoms with van der Waals surface area (Å²) < 4.78 is 1.07. The van der Waals surface area contributed by atoms with Crippen molar-refractivity contribution in [2.24, 2.45) is 10.2 Å². The van der Waals surface area contributed by atoms with Crippen molar-refractivity contribution in [1.82, 2.24) is 9.97 Å². The Balaban J connectivity index is 1.85. The number of halogens is 1. The van der Waals surface area contributed by atoms with Gasteiger partial charge in [0.05, 0.1) is 11.0 Å². The van der Waals surface area contributed by atoms with Crippen molar-refractivity contribution < 1.29 is 5.11 Å². The Bertz CT molecular complexity index is 1050. The lowest BCUT2D eigenvalue weighted by molar-refractivity contribution is 0.459. The van der Waals surface area contributed by atoms with Crippen LogP contribution in [-0.2, 0) is 0 Å². The fourth-order valence-electron chi connectivity index (χ4n) is 2.51. The van der Waals surface area contributed by atoms with E-state index in [4.69, 9.17) is 0 Å². The summed E-state index contributed by atoms with van der Waals surface area (Å²) in [5.41, 5.74) is 2.72. The van der Waals surface area contributed by atoms with E-state index in [1.165, 1.54) is 0 Å². The second-order valence-corrected chi connectivity index (χ2v) is 6.31. The van der Waals surface area contributed by atoms with Crippen molar-refractivity contribution in [2.45, 2.75) is 0 Å². The molecule has 0 aliphatic rings. The highest BCUT2D eigenvalue weighted by molar-refractivity contribution is 14.1. The molecule has 0 unspecified atom stereocenters. The zero-order chi connectivity index (χ0) is 15.8. The van der Waals surface area contributed by atoms with Gasteiger partial charge in [-0.2, -0.15) is 0 Å². The average molecular weight is 414 g/mol. The van der Waals surface area contributed by atoms with Gasteiger partial charge >= 0.3 is 0 Å².